The number of hydrogen-bond donors (Lipinski definition) is 0. The lowest BCUT2D eigenvalue weighted by molar-refractivity contribution is 0.189. The smallest absolute Gasteiger partial charge is 0.259 e. The number of aromatic nitrogens is 2. The van der Waals surface area contributed by atoms with Crippen molar-refractivity contribution in [3.05, 3.63) is 85.2 Å². The molecule has 0 spiro atoms. The molecule has 0 amide bonds. The van der Waals surface area contributed by atoms with Gasteiger partial charge in [0.2, 0.25) is 5.95 Å². The molecular weight excluding hydrogens is 419 g/mol. The van der Waals surface area contributed by atoms with E-state index >= 15 is 0 Å². The maximum absolute atomic E-state index is 13.2. The Balaban J connectivity index is 1.80. The summed E-state index contributed by atoms with van der Waals surface area (Å²) in [5.41, 5.74) is 4.70. The van der Waals surface area contributed by atoms with Crippen LogP contribution in [0.1, 0.15) is 29.3 Å². The van der Waals surface area contributed by atoms with E-state index in [1.165, 1.54) is 11.1 Å². The van der Waals surface area contributed by atoms with E-state index in [1.807, 2.05) is 24.8 Å². The number of anilines is 2. The number of hydrogen-bond acceptors (Lipinski definition) is 4. The maximum atomic E-state index is 13.2. The zero-order chi connectivity index (χ0) is 21.4. The molecule has 2 aromatic carbocycles. The largest absolute Gasteiger partial charge is 0.297 e. The van der Waals surface area contributed by atoms with Crippen molar-refractivity contribution in [3.63, 3.8) is 0 Å². The molecule has 1 aliphatic rings. The molecule has 0 saturated heterocycles. The number of nitrogens with zero attached hydrogens (tertiary/aromatic N) is 4. The molecule has 0 aliphatic carbocycles. The second-order valence-corrected chi connectivity index (χ2v) is 8.53. The van der Waals surface area contributed by atoms with Crippen LogP contribution in [0.5, 0.6) is 0 Å². The molecule has 0 fully saturated rings. The number of fused-ring (bicyclic) bond motifs is 1. The normalized spacial score (nSPS) is 14.1. The summed E-state index contributed by atoms with van der Waals surface area (Å²) in [6.45, 7) is 7.70. The quantitative estimate of drug-likeness (QED) is 0.549. The van der Waals surface area contributed by atoms with Gasteiger partial charge in [-0.05, 0) is 44.0 Å². The molecule has 7 heteroatoms. The first-order valence-corrected chi connectivity index (χ1v) is 10.7. The topological polar surface area (TPSA) is 41.4 Å². The van der Waals surface area contributed by atoms with Gasteiger partial charge in [-0.2, -0.15) is 0 Å². The number of aryl methyl sites for hydroxylation is 2. The summed E-state index contributed by atoms with van der Waals surface area (Å²) in [4.78, 5) is 22.2. The van der Waals surface area contributed by atoms with E-state index < -0.39 is 0 Å². The van der Waals surface area contributed by atoms with E-state index in [1.54, 1.807) is 16.7 Å². The zero-order valence-electron chi connectivity index (χ0n) is 17.3. The number of benzene rings is 2. The Hall–Kier alpha value is -2.34. The van der Waals surface area contributed by atoms with Crippen molar-refractivity contribution < 1.29 is 0 Å². The first-order chi connectivity index (χ1) is 14.4. The highest BCUT2D eigenvalue weighted by Crippen LogP contribution is 2.35. The average Bonchev–Trinajstić information content (AvgIpc) is 2.70. The molecule has 156 valence electrons. The minimum Gasteiger partial charge on any atom is -0.297 e. The molecule has 0 bridgehead atoms. The summed E-state index contributed by atoms with van der Waals surface area (Å²) >= 11 is 12.6. The summed E-state index contributed by atoms with van der Waals surface area (Å²) in [5, 5.41) is 1.10. The fourth-order valence-corrected chi connectivity index (χ4v) is 4.38. The third kappa shape index (κ3) is 3.97. The highest BCUT2D eigenvalue weighted by Gasteiger charge is 2.28. The molecule has 0 radical (unpaired) electrons. The van der Waals surface area contributed by atoms with Crippen LogP contribution in [0.25, 0.3) is 0 Å². The van der Waals surface area contributed by atoms with Gasteiger partial charge in [0.05, 0.1) is 24.0 Å². The fourth-order valence-electron chi connectivity index (χ4n) is 3.87. The molecule has 0 unspecified atom stereocenters. The minimum atomic E-state index is 0.00342. The molecule has 0 saturated carbocycles. The molecule has 1 aliphatic heterocycles. The molecule has 5 nitrogen and oxygen atoms in total. The van der Waals surface area contributed by atoms with E-state index in [-0.39, 0.29) is 5.56 Å². The average molecular weight is 443 g/mol. The van der Waals surface area contributed by atoms with Crippen molar-refractivity contribution in [3.8, 4) is 0 Å². The van der Waals surface area contributed by atoms with Gasteiger partial charge in [0.25, 0.3) is 5.56 Å². The van der Waals surface area contributed by atoms with Crippen molar-refractivity contribution >= 4 is 34.8 Å². The second-order valence-electron chi connectivity index (χ2n) is 7.68. The molecule has 1 aromatic heterocycles. The summed E-state index contributed by atoms with van der Waals surface area (Å²) in [6.07, 6.45) is 0.650. The Morgan fingerprint density at radius 2 is 1.77 bits per heavy atom. The minimum absolute atomic E-state index is 0.00342. The van der Waals surface area contributed by atoms with Gasteiger partial charge < -0.3 is 0 Å². The van der Waals surface area contributed by atoms with Crippen LogP contribution in [0, 0.1) is 13.8 Å². The second kappa shape index (κ2) is 8.42. The molecule has 0 N–H and O–H groups in total. The van der Waals surface area contributed by atoms with E-state index in [0.717, 1.165) is 16.9 Å². The van der Waals surface area contributed by atoms with Gasteiger partial charge in [-0.25, -0.2) is 4.98 Å². The lowest BCUT2D eigenvalue weighted by Gasteiger charge is -2.38. The first kappa shape index (κ1) is 20.9. The molecule has 30 heavy (non-hydrogen) atoms. The summed E-state index contributed by atoms with van der Waals surface area (Å²) in [7, 11) is 0. The van der Waals surface area contributed by atoms with E-state index in [0.29, 0.717) is 42.3 Å². The summed E-state index contributed by atoms with van der Waals surface area (Å²) in [5.74, 6) is 0.610. The van der Waals surface area contributed by atoms with Crippen molar-refractivity contribution in [2.75, 3.05) is 11.6 Å². The number of rotatable bonds is 4. The monoisotopic (exact) mass is 442 g/mol. The van der Waals surface area contributed by atoms with Gasteiger partial charge in [-0.1, -0.05) is 60.0 Å². The van der Waals surface area contributed by atoms with Crippen LogP contribution >= 0.6 is 23.2 Å². The molecule has 4 rings (SSSR count). The molecule has 0 atom stereocenters. The van der Waals surface area contributed by atoms with Gasteiger partial charge in [0.1, 0.15) is 0 Å². The van der Waals surface area contributed by atoms with E-state index in [4.69, 9.17) is 28.2 Å². The van der Waals surface area contributed by atoms with Crippen molar-refractivity contribution in [1.29, 1.82) is 0 Å². The fraction of sp³-hybridized carbons (Fsp3) is 0.304. The third-order valence-corrected chi connectivity index (χ3v) is 5.99. The Bertz CT molecular complexity index is 1140. The highest BCUT2D eigenvalue weighted by molar-refractivity contribution is 6.36. The summed E-state index contributed by atoms with van der Waals surface area (Å²) < 4.78 is 1.74. The van der Waals surface area contributed by atoms with Crippen LogP contribution in [-0.4, -0.2) is 21.1 Å². The Morgan fingerprint density at radius 3 is 2.43 bits per heavy atom. The lowest BCUT2D eigenvalue weighted by atomic mass is 10.1. The zero-order valence-corrected chi connectivity index (χ0v) is 18.8. The summed E-state index contributed by atoms with van der Waals surface area (Å²) in [6, 6.07) is 13.8. The number of halogens is 2. The van der Waals surface area contributed by atoms with Crippen LogP contribution in [0.2, 0.25) is 10.0 Å². The van der Waals surface area contributed by atoms with Crippen LogP contribution in [-0.2, 0) is 19.6 Å². The standard InChI is InChI=1S/C23H24Cl2N4O/c1-4-19-16(3)26-23-28(21-10-9-18(24)11-20(21)25)13-27(14-29(23)22(19)30)12-17-7-5-15(2)6-8-17/h5-11H,4,12-14H2,1-3H3. The van der Waals surface area contributed by atoms with E-state index in [9.17, 15) is 4.79 Å². The third-order valence-electron chi connectivity index (χ3n) is 5.45. The first-order valence-electron chi connectivity index (χ1n) is 9.98. The Labute approximate surface area is 186 Å². The Kier molecular flexibility index (Phi) is 5.87. The van der Waals surface area contributed by atoms with Gasteiger partial charge in [-0.3, -0.25) is 19.2 Å². The van der Waals surface area contributed by atoms with Crippen LogP contribution < -0.4 is 10.5 Å². The van der Waals surface area contributed by atoms with Crippen LogP contribution in [0.15, 0.2) is 47.3 Å². The van der Waals surface area contributed by atoms with Crippen LogP contribution in [0.3, 0.4) is 0 Å². The van der Waals surface area contributed by atoms with Gasteiger partial charge >= 0.3 is 0 Å². The highest BCUT2D eigenvalue weighted by atomic mass is 35.5. The van der Waals surface area contributed by atoms with E-state index in [2.05, 4.69) is 36.1 Å². The predicted molar refractivity (Wildman–Crippen MR) is 123 cm³/mol. The molecular formula is C23H24Cl2N4O. The van der Waals surface area contributed by atoms with Crippen LogP contribution in [0.4, 0.5) is 11.6 Å². The lowest BCUT2D eigenvalue weighted by Crippen LogP contribution is -2.47. The predicted octanol–water partition coefficient (Wildman–Crippen LogP) is 5.30. The molecule has 3 aromatic rings. The Morgan fingerprint density at radius 1 is 1.03 bits per heavy atom. The van der Waals surface area contributed by atoms with Gasteiger partial charge in [0.15, 0.2) is 0 Å². The molecule has 2 heterocycles. The van der Waals surface area contributed by atoms with Crippen molar-refractivity contribution in [2.45, 2.75) is 40.4 Å². The van der Waals surface area contributed by atoms with Crippen molar-refractivity contribution in [1.82, 2.24) is 14.5 Å². The van der Waals surface area contributed by atoms with Crippen molar-refractivity contribution in [2.24, 2.45) is 0 Å². The maximum Gasteiger partial charge on any atom is 0.259 e. The SMILES string of the molecule is CCc1c(C)nc2n(c1=O)CN(Cc1ccc(C)cc1)CN2c1ccc(Cl)cc1Cl. The van der Waals surface area contributed by atoms with Gasteiger partial charge in [0, 0.05) is 22.8 Å². The van der Waals surface area contributed by atoms with Gasteiger partial charge in [-0.15, -0.1) is 0 Å².